The quantitative estimate of drug-likeness (QED) is 0.380. The summed E-state index contributed by atoms with van der Waals surface area (Å²) >= 11 is 1.87. The normalized spacial score (nSPS) is 11.2. The van der Waals surface area contributed by atoms with Gasteiger partial charge in [0.1, 0.15) is 0 Å². The average molecular weight is 334 g/mol. The maximum atomic E-state index is 9.18. The monoisotopic (exact) mass is 334 g/mol. The van der Waals surface area contributed by atoms with Crippen LogP contribution < -0.4 is 5.48 Å². The second kappa shape index (κ2) is 6.59. The molecule has 0 aliphatic heterocycles. The Kier molecular flexibility index (Phi) is 4.15. The summed E-state index contributed by atoms with van der Waals surface area (Å²) in [6.07, 6.45) is 0. The molecule has 0 radical (unpaired) electrons. The number of rotatable bonds is 5. The zero-order chi connectivity index (χ0) is 16.4. The topological polar surface area (TPSA) is 37.2 Å². The van der Waals surface area contributed by atoms with E-state index in [0.717, 1.165) is 17.7 Å². The van der Waals surface area contributed by atoms with Gasteiger partial charge in [0, 0.05) is 39.0 Å². The molecule has 120 valence electrons. The molecule has 0 atom stereocenters. The minimum atomic E-state index is 0.712. The van der Waals surface area contributed by atoms with E-state index < -0.39 is 0 Å². The van der Waals surface area contributed by atoms with Gasteiger partial charge in [-0.05, 0) is 36.4 Å². The van der Waals surface area contributed by atoms with E-state index >= 15 is 0 Å². The smallest absolute Gasteiger partial charge is 0.0609 e. The number of aromatic nitrogens is 1. The first-order chi connectivity index (χ1) is 11.9. The highest BCUT2D eigenvalue weighted by Crippen LogP contribution is 2.31. The van der Waals surface area contributed by atoms with Gasteiger partial charge in [-0.15, -0.1) is 11.8 Å². The molecule has 0 aliphatic carbocycles. The summed E-state index contributed by atoms with van der Waals surface area (Å²) in [5, 5.41) is 11.6. The van der Waals surface area contributed by atoms with Gasteiger partial charge in [0.2, 0.25) is 0 Å². The molecular formula is C20H18N2OS. The Hall–Kier alpha value is -2.43. The van der Waals surface area contributed by atoms with Crippen LogP contribution in [0.1, 0.15) is 0 Å². The van der Waals surface area contributed by atoms with Crippen molar-refractivity contribution in [1.82, 2.24) is 4.57 Å². The molecule has 4 aromatic rings. The average Bonchev–Trinajstić information content (AvgIpc) is 2.96. The second-order valence-electron chi connectivity index (χ2n) is 5.67. The molecule has 1 heterocycles. The van der Waals surface area contributed by atoms with Crippen LogP contribution >= 0.6 is 11.8 Å². The van der Waals surface area contributed by atoms with E-state index in [-0.39, 0.29) is 0 Å². The zero-order valence-corrected chi connectivity index (χ0v) is 14.0. The number of fused-ring (bicyclic) bond motifs is 3. The van der Waals surface area contributed by atoms with Crippen LogP contribution in [0.15, 0.2) is 77.7 Å². The molecular weight excluding hydrogens is 316 g/mol. The molecule has 0 saturated carbocycles. The fourth-order valence-corrected chi connectivity index (χ4v) is 3.99. The van der Waals surface area contributed by atoms with Crippen molar-refractivity contribution in [3.05, 3.63) is 72.8 Å². The van der Waals surface area contributed by atoms with E-state index in [0.29, 0.717) is 5.69 Å². The fraction of sp³-hybridized carbons (Fsp3) is 0.100. The van der Waals surface area contributed by atoms with Crippen molar-refractivity contribution in [2.45, 2.75) is 11.4 Å². The standard InChI is InChI=1S/C20H18N2OS/c23-21-15-10-11-20-18(14-15)17-8-4-5-9-19(17)22(20)12-13-24-16-6-2-1-3-7-16/h1-11,14,21,23H,12-13H2. The van der Waals surface area contributed by atoms with Gasteiger partial charge in [-0.2, -0.15) is 0 Å². The molecule has 0 aliphatic rings. The molecule has 2 N–H and O–H groups in total. The summed E-state index contributed by atoms with van der Waals surface area (Å²) in [5.41, 5.74) is 5.39. The Morgan fingerprint density at radius 2 is 1.58 bits per heavy atom. The van der Waals surface area contributed by atoms with E-state index in [2.05, 4.69) is 64.6 Å². The molecule has 0 spiro atoms. The third kappa shape index (κ3) is 2.75. The Morgan fingerprint density at radius 1 is 0.833 bits per heavy atom. The van der Waals surface area contributed by atoms with Gasteiger partial charge < -0.3 is 4.57 Å². The van der Waals surface area contributed by atoms with E-state index in [1.165, 1.54) is 21.3 Å². The van der Waals surface area contributed by atoms with Gasteiger partial charge in [0.25, 0.3) is 0 Å². The van der Waals surface area contributed by atoms with Gasteiger partial charge in [-0.25, -0.2) is 0 Å². The summed E-state index contributed by atoms with van der Waals surface area (Å²) < 4.78 is 2.36. The van der Waals surface area contributed by atoms with Crippen molar-refractivity contribution >= 4 is 39.3 Å². The number of hydrogen-bond donors (Lipinski definition) is 2. The van der Waals surface area contributed by atoms with Crippen LogP contribution in [0, 0.1) is 0 Å². The molecule has 0 saturated heterocycles. The molecule has 24 heavy (non-hydrogen) atoms. The molecule has 4 rings (SSSR count). The van der Waals surface area contributed by atoms with Gasteiger partial charge in [-0.3, -0.25) is 10.7 Å². The maximum absolute atomic E-state index is 9.18. The number of nitrogens with one attached hydrogen (secondary N) is 1. The van der Waals surface area contributed by atoms with E-state index in [1.54, 1.807) is 0 Å². The summed E-state index contributed by atoms with van der Waals surface area (Å²) in [7, 11) is 0. The van der Waals surface area contributed by atoms with Crippen LogP contribution in [-0.2, 0) is 6.54 Å². The molecule has 3 aromatic carbocycles. The Bertz CT molecular complexity index is 979. The Labute approximate surface area is 144 Å². The number of thioether (sulfide) groups is 1. The molecule has 0 bridgehead atoms. The third-order valence-corrected chi connectivity index (χ3v) is 5.22. The number of nitrogens with zero attached hydrogens (tertiary/aromatic N) is 1. The molecule has 3 nitrogen and oxygen atoms in total. The summed E-state index contributed by atoms with van der Waals surface area (Å²) in [4.78, 5) is 1.30. The number of hydrogen-bond acceptors (Lipinski definition) is 3. The number of anilines is 1. The summed E-state index contributed by atoms with van der Waals surface area (Å²) in [6, 6.07) is 24.9. The SMILES string of the molecule is ONc1ccc2c(c1)c1ccccc1n2CCSc1ccccc1. The first-order valence-electron chi connectivity index (χ1n) is 7.96. The van der Waals surface area contributed by atoms with E-state index in [4.69, 9.17) is 0 Å². The molecule has 4 heteroatoms. The van der Waals surface area contributed by atoms with Gasteiger partial charge in [0.15, 0.2) is 0 Å². The summed E-state index contributed by atoms with van der Waals surface area (Å²) in [6.45, 7) is 0.940. The Morgan fingerprint density at radius 3 is 2.42 bits per heavy atom. The van der Waals surface area contributed by atoms with Gasteiger partial charge >= 0.3 is 0 Å². The molecule has 0 amide bonds. The Balaban J connectivity index is 1.70. The minimum Gasteiger partial charge on any atom is -0.340 e. The lowest BCUT2D eigenvalue weighted by Crippen LogP contribution is -2.00. The zero-order valence-electron chi connectivity index (χ0n) is 13.1. The van der Waals surface area contributed by atoms with E-state index in [1.807, 2.05) is 30.0 Å². The first kappa shape index (κ1) is 15.1. The summed E-state index contributed by atoms with van der Waals surface area (Å²) in [5.74, 6) is 1.01. The van der Waals surface area contributed by atoms with Crippen LogP contribution in [0.25, 0.3) is 21.8 Å². The lowest BCUT2D eigenvalue weighted by atomic mass is 10.1. The molecule has 1 aromatic heterocycles. The first-order valence-corrected chi connectivity index (χ1v) is 8.94. The van der Waals surface area contributed by atoms with Crippen LogP contribution in [0.3, 0.4) is 0 Å². The lowest BCUT2D eigenvalue weighted by Gasteiger charge is -2.08. The lowest BCUT2D eigenvalue weighted by molar-refractivity contribution is 0.389. The highest BCUT2D eigenvalue weighted by Gasteiger charge is 2.10. The van der Waals surface area contributed by atoms with Crippen molar-refractivity contribution in [3.8, 4) is 0 Å². The van der Waals surface area contributed by atoms with Crippen LogP contribution in [0.2, 0.25) is 0 Å². The van der Waals surface area contributed by atoms with Crippen LogP contribution in [0.4, 0.5) is 5.69 Å². The largest absolute Gasteiger partial charge is 0.340 e. The molecule has 0 unspecified atom stereocenters. The van der Waals surface area contributed by atoms with Crippen molar-refractivity contribution in [3.63, 3.8) is 0 Å². The molecule has 0 fully saturated rings. The second-order valence-corrected chi connectivity index (χ2v) is 6.84. The van der Waals surface area contributed by atoms with Gasteiger partial charge in [-0.1, -0.05) is 36.4 Å². The predicted octanol–water partition coefficient (Wildman–Crippen LogP) is 5.39. The predicted molar refractivity (Wildman–Crippen MR) is 102 cm³/mol. The van der Waals surface area contributed by atoms with Crippen molar-refractivity contribution < 1.29 is 5.21 Å². The van der Waals surface area contributed by atoms with Crippen molar-refractivity contribution in [2.24, 2.45) is 0 Å². The van der Waals surface area contributed by atoms with E-state index in [9.17, 15) is 5.21 Å². The van der Waals surface area contributed by atoms with Crippen molar-refractivity contribution in [1.29, 1.82) is 0 Å². The fourth-order valence-electron chi connectivity index (χ4n) is 3.14. The number of aryl methyl sites for hydroxylation is 1. The van der Waals surface area contributed by atoms with Gasteiger partial charge in [0.05, 0.1) is 5.69 Å². The highest BCUT2D eigenvalue weighted by molar-refractivity contribution is 7.99. The number of para-hydroxylation sites is 1. The maximum Gasteiger partial charge on any atom is 0.0609 e. The minimum absolute atomic E-state index is 0.712. The van der Waals surface area contributed by atoms with Crippen LogP contribution in [-0.4, -0.2) is 15.5 Å². The third-order valence-electron chi connectivity index (χ3n) is 4.23. The van der Waals surface area contributed by atoms with Crippen LogP contribution in [0.5, 0.6) is 0 Å². The van der Waals surface area contributed by atoms with Crippen molar-refractivity contribution in [2.75, 3.05) is 11.2 Å². The number of benzene rings is 3. The highest BCUT2D eigenvalue weighted by atomic mass is 32.2.